The maximum absolute atomic E-state index is 14.2. The fourth-order valence-electron chi connectivity index (χ4n) is 5.35. The summed E-state index contributed by atoms with van der Waals surface area (Å²) in [5, 5.41) is 15.7. The third-order valence-corrected chi connectivity index (χ3v) is 7.16. The molecule has 2 fully saturated rings. The number of fused-ring (bicyclic) bond motifs is 1. The van der Waals surface area contributed by atoms with Crippen molar-refractivity contribution in [3.63, 3.8) is 0 Å². The van der Waals surface area contributed by atoms with Crippen LogP contribution >= 0.6 is 0 Å². The summed E-state index contributed by atoms with van der Waals surface area (Å²) in [6.07, 6.45) is 3.41. The fourth-order valence-corrected chi connectivity index (χ4v) is 5.35. The molecule has 182 valence electrons. The molecule has 5 rings (SSSR count). The largest absolute Gasteiger partial charge is 0.272 e. The summed E-state index contributed by atoms with van der Waals surface area (Å²) in [6, 6.07) is 7.58. The van der Waals surface area contributed by atoms with Crippen LogP contribution in [0.2, 0.25) is 0 Å². The Morgan fingerprint density at radius 3 is 2.49 bits per heavy atom. The molecule has 0 bridgehead atoms. The Bertz CT molecular complexity index is 1300. The minimum Gasteiger partial charge on any atom is -0.272 e. The smallest absolute Gasteiger partial charge is 0.249 e. The highest BCUT2D eigenvalue weighted by atomic mass is 19.1. The molecule has 6 nitrogen and oxygen atoms in total. The fraction of sp³-hybridized carbons (Fsp3) is 0.423. The van der Waals surface area contributed by atoms with Crippen LogP contribution in [0.4, 0.5) is 13.2 Å². The number of benzene rings is 2. The molecule has 2 heterocycles. The second kappa shape index (κ2) is 9.34. The molecule has 0 unspecified atom stereocenters. The number of amides is 1. The number of hydrogen-bond acceptors (Lipinski definition) is 4. The van der Waals surface area contributed by atoms with E-state index in [1.807, 2.05) is 13.0 Å². The van der Waals surface area contributed by atoms with Crippen molar-refractivity contribution in [1.82, 2.24) is 14.8 Å². The van der Waals surface area contributed by atoms with E-state index < -0.39 is 23.5 Å². The molecule has 1 saturated heterocycles. The third-order valence-electron chi connectivity index (χ3n) is 7.16. The lowest BCUT2D eigenvalue weighted by Gasteiger charge is -2.32. The van der Waals surface area contributed by atoms with Gasteiger partial charge in [-0.3, -0.25) is 14.3 Å². The quantitative estimate of drug-likeness (QED) is 0.503. The van der Waals surface area contributed by atoms with Crippen molar-refractivity contribution in [2.45, 2.75) is 51.6 Å². The van der Waals surface area contributed by atoms with Gasteiger partial charge in [0.15, 0.2) is 0 Å². The zero-order chi connectivity index (χ0) is 24.7. The number of nitrogens with zero attached hydrogens (tertiary/aromatic N) is 4. The highest BCUT2D eigenvalue weighted by Crippen LogP contribution is 2.37. The van der Waals surface area contributed by atoms with E-state index in [9.17, 15) is 18.0 Å². The van der Waals surface area contributed by atoms with E-state index in [1.54, 1.807) is 4.68 Å². The molecule has 1 aliphatic heterocycles. The van der Waals surface area contributed by atoms with Gasteiger partial charge in [0, 0.05) is 36.4 Å². The lowest BCUT2D eigenvalue weighted by atomic mass is 9.81. The summed E-state index contributed by atoms with van der Waals surface area (Å²) in [5.41, 5.74) is 1.80. The Balaban J connectivity index is 1.25. The molecule has 3 aromatic rings. The molecule has 1 atom stereocenters. The van der Waals surface area contributed by atoms with Crippen LogP contribution in [0, 0.1) is 47.5 Å². The zero-order valence-electron chi connectivity index (χ0n) is 19.3. The normalized spacial score (nSPS) is 22.5. The number of halogens is 3. The molecular weight excluding hydrogens is 457 g/mol. The van der Waals surface area contributed by atoms with Gasteiger partial charge in [-0.15, -0.1) is 0 Å². The summed E-state index contributed by atoms with van der Waals surface area (Å²) < 4.78 is 43.4. The molecule has 0 radical (unpaired) electrons. The summed E-state index contributed by atoms with van der Waals surface area (Å²) in [5.74, 6) is -2.02. The minimum atomic E-state index is -0.676. The number of carbonyl (C=O) groups excluding carboxylic acids is 1. The number of hydrogen-bond donors (Lipinski definition) is 0. The van der Waals surface area contributed by atoms with Crippen molar-refractivity contribution in [2.24, 2.45) is 11.8 Å². The van der Waals surface area contributed by atoms with Gasteiger partial charge in [0.05, 0.1) is 29.4 Å². The van der Waals surface area contributed by atoms with Crippen molar-refractivity contribution in [2.75, 3.05) is 6.61 Å². The van der Waals surface area contributed by atoms with Crippen LogP contribution in [0.15, 0.2) is 30.3 Å². The van der Waals surface area contributed by atoms with Crippen LogP contribution in [-0.4, -0.2) is 27.4 Å². The van der Waals surface area contributed by atoms with E-state index in [-0.39, 0.29) is 23.3 Å². The molecular formula is C26H25F3N4O2. The van der Waals surface area contributed by atoms with Gasteiger partial charge in [0.1, 0.15) is 23.5 Å². The average molecular weight is 483 g/mol. The molecule has 9 heteroatoms. The summed E-state index contributed by atoms with van der Waals surface area (Å²) in [7, 11) is 0. The van der Waals surface area contributed by atoms with Crippen LogP contribution < -0.4 is 0 Å². The number of rotatable bonds is 4. The predicted octanol–water partition coefficient (Wildman–Crippen LogP) is 5.35. The first-order valence-corrected chi connectivity index (χ1v) is 11.8. The van der Waals surface area contributed by atoms with E-state index in [0.29, 0.717) is 43.5 Å². The lowest BCUT2D eigenvalue weighted by Crippen LogP contribution is -2.37. The van der Waals surface area contributed by atoms with E-state index in [1.165, 1.54) is 29.3 Å². The Kier molecular flexibility index (Phi) is 6.24. The molecule has 1 aliphatic carbocycles. The van der Waals surface area contributed by atoms with Crippen molar-refractivity contribution in [1.29, 1.82) is 5.26 Å². The van der Waals surface area contributed by atoms with Gasteiger partial charge in [-0.1, -0.05) is 0 Å². The molecule has 0 N–H and O–H groups in total. The van der Waals surface area contributed by atoms with Crippen LogP contribution in [0.25, 0.3) is 10.9 Å². The maximum atomic E-state index is 14.2. The van der Waals surface area contributed by atoms with Gasteiger partial charge in [0.2, 0.25) is 5.91 Å². The van der Waals surface area contributed by atoms with Gasteiger partial charge in [-0.2, -0.15) is 10.4 Å². The van der Waals surface area contributed by atoms with E-state index in [4.69, 9.17) is 10.1 Å². The molecule has 0 spiro atoms. The second-order valence-electron chi connectivity index (χ2n) is 9.45. The van der Waals surface area contributed by atoms with Crippen molar-refractivity contribution >= 4 is 16.8 Å². The van der Waals surface area contributed by atoms with Gasteiger partial charge in [0.25, 0.3) is 0 Å². The van der Waals surface area contributed by atoms with Crippen LogP contribution in [0.5, 0.6) is 0 Å². The number of carbonyl (C=O) groups is 1. The summed E-state index contributed by atoms with van der Waals surface area (Å²) >= 11 is 0. The monoisotopic (exact) mass is 482 g/mol. The topological polar surface area (TPSA) is 71.2 Å². The van der Waals surface area contributed by atoms with Gasteiger partial charge in [-0.05, 0) is 62.3 Å². The summed E-state index contributed by atoms with van der Waals surface area (Å²) in [6.45, 7) is 2.76. The molecule has 2 aliphatic rings. The van der Waals surface area contributed by atoms with Crippen molar-refractivity contribution < 1.29 is 22.8 Å². The van der Waals surface area contributed by atoms with Crippen LogP contribution in [0.1, 0.15) is 55.0 Å². The highest BCUT2D eigenvalue weighted by Gasteiger charge is 2.37. The Morgan fingerprint density at radius 1 is 1.09 bits per heavy atom. The zero-order valence-corrected chi connectivity index (χ0v) is 19.3. The van der Waals surface area contributed by atoms with Crippen molar-refractivity contribution in [3.05, 3.63) is 64.6 Å². The van der Waals surface area contributed by atoms with Gasteiger partial charge in [-0.25, -0.2) is 18.2 Å². The van der Waals surface area contributed by atoms with E-state index >= 15 is 0 Å². The Hall–Kier alpha value is -3.38. The molecule has 35 heavy (non-hydrogen) atoms. The number of aryl methyl sites for hydroxylation is 1. The summed E-state index contributed by atoms with van der Waals surface area (Å²) in [4.78, 5) is 18.8. The number of nitriles is 1. The number of hydroxylamine groups is 2. The Morgan fingerprint density at radius 2 is 1.80 bits per heavy atom. The van der Waals surface area contributed by atoms with Crippen molar-refractivity contribution in [3.8, 4) is 6.07 Å². The lowest BCUT2D eigenvalue weighted by molar-refractivity contribution is -0.183. The standard InChI is InChI=1S/C26H25F3N4O2/c1-15-22-10-19(13-30)23(29)12-25(22)32(31-15)14-16-2-4-17(5-3-16)26(34)33-24(6-7-35-33)18-8-20(27)11-21(28)9-18/h8-12,16-17,24H,2-7,14H2,1H3/t16-,17-,24-/m0/s1. The van der Waals surface area contributed by atoms with Crippen LogP contribution in [0.3, 0.4) is 0 Å². The predicted molar refractivity (Wildman–Crippen MR) is 121 cm³/mol. The Labute approximate surface area is 200 Å². The van der Waals surface area contributed by atoms with Crippen LogP contribution in [-0.2, 0) is 16.2 Å². The molecule has 2 aromatic carbocycles. The second-order valence-corrected chi connectivity index (χ2v) is 9.45. The van der Waals surface area contributed by atoms with Gasteiger partial charge >= 0.3 is 0 Å². The molecule has 1 aromatic heterocycles. The first-order valence-electron chi connectivity index (χ1n) is 11.8. The molecule has 1 saturated carbocycles. The third kappa shape index (κ3) is 4.50. The molecule has 1 amide bonds. The SMILES string of the molecule is Cc1nn(C[C@H]2CC[C@H](C(=O)N3OCC[C@H]3c3cc(F)cc(F)c3)CC2)c2cc(F)c(C#N)cc12. The first-order chi connectivity index (χ1) is 16.8. The van der Waals surface area contributed by atoms with E-state index in [0.717, 1.165) is 30.0 Å². The van der Waals surface area contributed by atoms with E-state index in [2.05, 4.69) is 5.10 Å². The average Bonchev–Trinajstić information content (AvgIpc) is 3.43. The first kappa shape index (κ1) is 23.4. The highest BCUT2D eigenvalue weighted by molar-refractivity contribution is 5.83. The number of aromatic nitrogens is 2. The van der Waals surface area contributed by atoms with Gasteiger partial charge < -0.3 is 0 Å². The maximum Gasteiger partial charge on any atom is 0.249 e. The minimum absolute atomic E-state index is 0.00239.